The van der Waals surface area contributed by atoms with Crippen molar-refractivity contribution in [2.75, 3.05) is 0 Å². The Morgan fingerprint density at radius 3 is 2.79 bits per heavy atom. The Bertz CT molecular complexity index is 900. The minimum atomic E-state index is -0.139. The largest absolute Gasteiger partial charge is 0.345 e. The molecule has 0 unspecified atom stereocenters. The van der Waals surface area contributed by atoms with E-state index in [4.69, 9.17) is 4.52 Å². The zero-order valence-corrected chi connectivity index (χ0v) is 13.6. The Morgan fingerprint density at radius 2 is 2.08 bits per heavy atom. The zero-order valence-electron chi connectivity index (χ0n) is 13.6. The van der Waals surface area contributed by atoms with E-state index < -0.39 is 0 Å². The van der Waals surface area contributed by atoms with Gasteiger partial charge in [0, 0.05) is 24.0 Å². The number of aryl methyl sites for hydroxylation is 1. The predicted octanol–water partition coefficient (Wildman–Crippen LogP) is 3.29. The van der Waals surface area contributed by atoms with Crippen LogP contribution in [-0.4, -0.2) is 21.0 Å². The van der Waals surface area contributed by atoms with Crippen molar-refractivity contribution in [3.05, 3.63) is 53.1 Å². The van der Waals surface area contributed by atoms with Gasteiger partial charge in [0.25, 0.3) is 11.6 Å². The number of pyridine rings is 2. The number of amides is 1. The van der Waals surface area contributed by atoms with Crippen LogP contribution in [0.3, 0.4) is 0 Å². The molecule has 0 saturated heterocycles. The fourth-order valence-corrected chi connectivity index (χ4v) is 2.89. The number of hydrogen-bond acceptors (Lipinski definition) is 5. The first kappa shape index (κ1) is 14.8. The summed E-state index contributed by atoms with van der Waals surface area (Å²) in [6, 6.07) is 5.56. The highest BCUT2D eigenvalue weighted by Crippen LogP contribution is 2.40. The minimum absolute atomic E-state index is 0.117. The Hall–Kier alpha value is -2.76. The van der Waals surface area contributed by atoms with Crippen LogP contribution in [0.2, 0.25) is 0 Å². The molecule has 0 radical (unpaired) electrons. The Balaban J connectivity index is 1.69. The number of carbonyl (C=O) groups excluding carboxylic acids is 1. The van der Waals surface area contributed by atoms with Gasteiger partial charge in [-0.05, 0) is 50.5 Å². The second-order valence-corrected chi connectivity index (χ2v) is 6.29. The average molecular weight is 322 g/mol. The third-order valence-electron chi connectivity index (χ3n) is 4.43. The van der Waals surface area contributed by atoms with Gasteiger partial charge >= 0.3 is 0 Å². The Labute approximate surface area is 139 Å². The van der Waals surface area contributed by atoms with Crippen LogP contribution >= 0.6 is 0 Å². The number of rotatable bonds is 4. The van der Waals surface area contributed by atoms with Crippen LogP contribution in [0.5, 0.6) is 0 Å². The van der Waals surface area contributed by atoms with Gasteiger partial charge in [-0.15, -0.1) is 0 Å². The molecular weight excluding hydrogens is 304 g/mol. The highest BCUT2D eigenvalue weighted by Gasteiger charge is 2.28. The molecular formula is C18H18N4O2. The third-order valence-corrected chi connectivity index (χ3v) is 4.43. The van der Waals surface area contributed by atoms with Crippen LogP contribution in [0.1, 0.15) is 59.0 Å². The molecule has 4 rings (SSSR count). The van der Waals surface area contributed by atoms with Gasteiger partial charge in [-0.25, -0.2) is 4.98 Å². The smallest absolute Gasteiger partial charge is 0.259 e. The second-order valence-electron chi connectivity index (χ2n) is 6.29. The van der Waals surface area contributed by atoms with Crippen molar-refractivity contribution in [1.29, 1.82) is 0 Å². The van der Waals surface area contributed by atoms with Gasteiger partial charge in [0.1, 0.15) is 0 Å². The third kappa shape index (κ3) is 2.64. The number of nitrogens with one attached hydrogen (secondary N) is 1. The summed E-state index contributed by atoms with van der Waals surface area (Å²) in [4.78, 5) is 21.4. The highest BCUT2D eigenvalue weighted by atomic mass is 16.5. The van der Waals surface area contributed by atoms with Crippen molar-refractivity contribution in [2.24, 2.45) is 0 Å². The molecule has 1 N–H and O–H groups in total. The number of nitrogens with zero attached hydrogens (tertiary/aromatic N) is 3. The van der Waals surface area contributed by atoms with Gasteiger partial charge in [0.05, 0.1) is 22.7 Å². The van der Waals surface area contributed by atoms with Crippen LogP contribution < -0.4 is 5.32 Å². The average Bonchev–Trinajstić information content (AvgIpc) is 3.39. The number of fused-ring (bicyclic) bond motifs is 1. The van der Waals surface area contributed by atoms with E-state index in [-0.39, 0.29) is 11.9 Å². The summed E-state index contributed by atoms with van der Waals surface area (Å²) in [6.45, 7) is 3.78. The van der Waals surface area contributed by atoms with Crippen molar-refractivity contribution in [2.45, 2.75) is 38.6 Å². The molecule has 0 spiro atoms. The first-order valence-corrected chi connectivity index (χ1v) is 8.11. The maximum absolute atomic E-state index is 12.9. The van der Waals surface area contributed by atoms with Gasteiger partial charge in [0.2, 0.25) is 0 Å². The lowest BCUT2D eigenvalue weighted by Gasteiger charge is -2.15. The van der Waals surface area contributed by atoms with Gasteiger partial charge in [-0.3, -0.25) is 9.78 Å². The summed E-state index contributed by atoms with van der Waals surface area (Å²) >= 11 is 0. The lowest BCUT2D eigenvalue weighted by atomic mass is 10.1. The maximum atomic E-state index is 12.9. The lowest BCUT2D eigenvalue weighted by molar-refractivity contribution is 0.0941. The molecule has 6 heteroatoms. The summed E-state index contributed by atoms with van der Waals surface area (Å²) < 4.78 is 5.30. The van der Waals surface area contributed by atoms with E-state index in [1.54, 1.807) is 12.4 Å². The van der Waals surface area contributed by atoms with Crippen molar-refractivity contribution >= 4 is 17.0 Å². The number of hydrogen-bond donors (Lipinski definition) is 1. The summed E-state index contributed by atoms with van der Waals surface area (Å²) in [7, 11) is 0. The van der Waals surface area contributed by atoms with Crippen LogP contribution in [-0.2, 0) is 0 Å². The number of carbonyl (C=O) groups is 1. The van der Waals surface area contributed by atoms with E-state index in [0.29, 0.717) is 28.3 Å². The molecule has 3 aromatic rings. The van der Waals surface area contributed by atoms with Crippen molar-refractivity contribution in [3.63, 3.8) is 0 Å². The molecule has 3 aromatic heterocycles. The summed E-state index contributed by atoms with van der Waals surface area (Å²) in [5.41, 5.74) is 3.63. The normalized spacial score (nSPS) is 15.4. The SMILES string of the molecule is Cc1noc2nc(C3CC3)cc(C(=O)N[C@H](C)c3ccncc3)c12. The molecule has 0 aliphatic heterocycles. The fourth-order valence-electron chi connectivity index (χ4n) is 2.89. The fraction of sp³-hybridized carbons (Fsp3) is 0.333. The maximum Gasteiger partial charge on any atom is 0.259 e. The molecule has 1 fully saturated rings. The lowest BCUT2D eigenvalue weighted by Crippen LogP contribution is -2.27. The van der Waals surface area contributed by atoms with Gasteiger partial charge in [0.15, 0.2) is 0 Å². The van der Waals surface area contributed by atoms with Crippen molar-refractivity contribution < 1.29 is 9.32 Å². The molecule has 1 aliphatic carbocycles. The van der Waals surface area contributed by atoms with Crippen LogP contribution in [0, 0.1) is 6.92 Å². The van der Waals surface area contributed by atoms with Gasteiger partial charge < -0.3 is 9.84 Å². The molecule has 1 aliphatic rings. The topological polar surface area (TPSA) is 80.9 Å². The predicted molar refractivity (Wildman–Crippen MR) is 88.6 cm³/mol. The summed E-state index contributed by atoms with van der Waals surface area (Å²) in [5, 5.41) is 7.71. The standard InChI is InChI=1S/C18H18N4O2/c1-10(12-5-7-19-8-6-12)20-17(23)14-9-15(13-3-4-13)21-18-16(14)11(2)22-24-18/h5-10,13H,3-4H2,1-2H3,(H,20,23)/t10-/m1/s1. The molecule has 3 heterocycles. The molecule has 6 nitrogen and oxygen atoms in total. The minimum Gasteiger partial charge on any atom is -0.345 e. The molecule has 1 saturated carbocycles. The van der Waals surface area contributed by atoms with Crippen molar-refractivity contribution in [1.82, 2.24) is 20.4 Å². The molecule has 0 aromatic carbocycles. The number of aromatic nitrogens is 3. The molecule has 0 bridgehead atoms. The monoisotopic (exact) mass is 322 g/mol. The van der Waals surface area contributed by atoms with Crippen molar-refractivity contribution in [3.8, 4) is 0 Å². The molecule has 1 amide bonds. The van der Waals surface area contributed by atoms with E-state index in [0.717, 1.165) is 24.1 Å². The van der Waals surface area contributed by atoms with Gasteiger partial charge in [-0.2, -0.15) is 0 Å². The van der Waals surface area contributed by atoms with Crippen LogP contribution in [0.4, 0.5) is 0 Å². The first-order valence-electron chi connectivity index (χ1n) is 8.11. The zero-order chi connectivity index (χ0) is 16.7. The van der Waals surface area contributed by atoms with E-state index in [1.165, 1.54) is 0 Å². The van der Waals surface area contributed by atoms with Crippen LogP contribution in [0.15, 0.2) is 35.1 Å². The molecule has 24 heavy (non-hydrogen) atoms. The molecule has 122 valence electrons. The van der Waals surface area contributed by atoms with E-state index in [1.807, 2.05) is 32.0 Å². The van der Waals surface area contributed by atoms with Gasteiger partial charge in [-0.1, -0.05) is 5.16 Å². The summed E-state index contributed by atoms with van der Waals surface area (Å²) in [6.07, 6.45) is 5.66. The highest BCUT2D eigenvalue weighted by molar-refractivity contribution is 6.06. The second kappa shape index (κ2) is 5.70. The first-order chi connectivity index (χ1) is 11.6. The van der Waals surface area contributed by atoms with E-state index >= 15 is 0 Å². The Morgan fingerprint density at radius 1 is 1.33 bits per heavy atom. The quantitative estimate of drug-likeness (QED) is 0.797. The van der Waals surface area contributed by atoms with E-state index in [2.05, 4.69) is 20.4 Å². The molecule has 1 atom stereocenters. The Kier molecular flexibility index (Phi) is 3.52. The van der Waals surface area contributed by atoms with E-state index in [9.17, 15) is 4.79 Å². The van der Waals surface area contributed by atoms with Crippen LogP contribution in [0.25, 0.3) is 11.1 Å². The summed E-state index contributed by atoms with van der Waals surface area (Å²) in [5.74, 6) is 0.295.